The summed E-state index contributed by atoms with van der Waals surface area (Å²) >= 11 is 0. The number of non-ortho nitro benzene ring substituents is 1. The minimum absolute atomic E-state index is 0.0560. The van der Waals surface area contributed by atoms with Gasteiger partial charge in [0.05, 0.1) is 23.5 Å². The first-order valence-corrected chi connectivity index (χ1v) is 8.84. The van der Waals surface area contributed by atoms with Gasteiger partial charge in [-0.1, -0.05) is 31.5 Å². The van der Waals surface area contributed by atoms with E-state index in [-0.39, 0.29) is 17.9 Å². The zero-order chi connectivity index (χ0) is 18.5. The number of nitrogens with zero attached hydrogens (tertiary/aromatic N) is 2. The molecule has 1 atom stereocenters. The van der Waals surface area contributed by atoms with Crippen molar-refractivity contribution in [2.24, 2.45) is 0 Å². The van der Waals surface area contributed by atoms with E-state index in [2.05, 4.69) is 0 Å². The number of hydrogen-bond acceptors (Lipinski definition) is 5. The molecule has 2 aromatic rings. The van der Waals surface area contributed by atoms with Gasteiger partial charge in [-0.15, -0.1) is 0 Å². The van der Waals surface area contributed by atoms with Gasteiger partial charge >= 0.3 is 6.09 Å². The molecule has 2 aromatic carbocycles. The largest absolute Gasteiger partial charge is 0.488 e. The molecule has 3 rings (SSSR count). The lowest BCUT2D eigenvalue weighted by Crippen LogP contribution is -2.31. The van der Waals surface area contributed by atoms with E-state index in [0.717, 1.165) is 12.8 Å². The lowest BCUT2D eigenvalue weighted by Gasteiger charge is -2.18. The molecule has 26 heavy (non-hydrogen) atoms. The Morgan fingerprint density at radius 1 is 1.27 bits per heavy atom. The first kappa shape index (κ1) is 18.0. The highest BCUT2D eigenvalue weighted by atomic mass is 16.6. The summed E-state index contributed by atoms with van der Waals surface area (Å²) in [5, 5.41) is 12.4. The number of unbranched alkanes of at least 4 members (excludes halogenated alkanes) is 1. The van der Waals surface area contributed by atoms with E-state index in [1.165, 1.54) is 6.07 Å². The summed E-state index contributed by atoms with van der Waals surface area (Å²) in [4.78, 5) is 24.5. The Balaban J connectivity index is 1.70. The Morgan fingerprint density at radius 3 is 2.77 bits per heavy atom. The summed E-state index contributed by atoms with van der Waals surface area (Å²) in [6, 6.07) is 10.2. The van der Waals surface area contributed by atoms with Crippen molar-refractivity contribution in [1.29, 1.82) is 0 Å². The summed E-state index contributed by atoms with van der Waals surface area (Å²) in [5.41, 5.74) is 0.0560. The molecule has 0 aromatic heterocycles. The number of nitro benzene ring substituents is 1. The first-order valence-electron chi connectivity index (χ1n) is 8.84. The van der Waals surface area contributed by atoms with Gasteiger partial charge in [-0.25, -0.2) is 4.79 Å². The van der Waals surface area contributed by atoms with Crippen molar-refractivity contribution < 1.29 is 19.2 Å². The molecule has 1 amide bonds. The fourth-order valence-electron chi connectivity index (χ4n) is 3.08. The number of fused-ring (bicyclic) bond motifs is 1. The van der Waals surface area contributed by atoms with E-state index < -0.39 is 4.92 Å². The number of nitro groups is 1. The fourth-order valence-corrected chi connectivity index (χ4v) is 3.08. The molecule has 0 aliphatic carbocycles. The Kier molecular flexibility index (Phi) is 5.55. The molecule has 0 spiro atoms. The van der Waals surface area contributed by atoms with Crippen LogP contribution in [-0.2, 0) is 4.74 Å². The highest BCUT2D eigenvalue weighted by molar-refractivity contribution is 5.95. The Labute approximate surface area is 151 Å². The Bertz CT molecular complexity index is 808. The number of carbonyl (C=O) groups is 1. The van der Waals surface area contributed by atoms with Crippen molar-refractivity contribution in [2.45, 2.75) is 32.3 Å². The van der Waals surface area contributed by atoms with Gasteiger partial charge in [-0.3, -0.25) is 10.1 Å². The van der Waals surface area contributed by atoms with E-state index in [1.807, 2.05) is 19.1 Å². The molecule has 0 bridgehead atoms. The molecule has 7 heteroatoms. The number of likely N-dealkylation sites (tertiary alicyclic amines) is 1. The highest BCUT2D eigenvalue weighted by Gasteiger charge is 2.29. The van der Waals surface area contributed by atoms with Crippen molar-refractivity contribution in [2.75, 3.05) is 19.7 Å². The monoisotopic (exact) mass is 358 g/mol. The van der Waals surface area contributed by atoms with Gasteiger partial charge in [0.2, 0.25) is 0 Å². The lowest BCUT2D eigenvalue weighted by molar-refractivity contribution is -0.383. The fraction of sp³-hybridized carbons (Fsp3) is 0.421. The standard InChI is InChI=1S/C19H22N2O5/c1-2-3-12-25-19(22)20-11-10-14(13-20)26-18-9-8-17(21(23)24)15-6-4-5-7-16(15)18/h4-9,14H,2-3,10-13H2,1H3/t14-/m1/s1. The van der Waals surface area contributed by atoms with Crippen LogP contribution in [-0.4, -0.2) is 41.7 Å². The van der Waals surface area contributed by atoms with Crippen molar-refractivity contribution in [3.63, 3.8) is 0 Å². The maximum Gasteiger partial charge on any atom is 0.409 e. The van der Waals surface area contributed by atoms with Crippen molar-refractivity contribution in [3.8, 4) is 5.75 Å². The van der Waals surface area contributed by atoms with Crippen LogP contribution >= 0.6 is 0 Å². The van der Waals surface area contributed by atoms with E-state index >= 15 is 0 Å². The van der Waals surface area contributed by atoms with E-state index in [0.29, 0.717) is 42.6 Å². The molecule has 0 unspecified atom stereocenters. The van der Waals surface area contributed by atoms with E-state index in [9.17, 15) is 14.9 Å². The van der Waals surface area contributed by atoms with E-state index in [1.54, 1.807) is 23.1 Å². The second kappa shape index (κ2) is 8.03. The van der Waals surface area contributed by atoms with Crippen LogP contribution in [0.15, 0.2) is 36.4 Å². The first-order chi connectivity index (χ1) is 12.6. The minimum atomic E-state index is -0.393. The predicted octanol–water partition coefficient (Wildman–Crippen LogP) is 4.14. The van der Waals surface area contributed by atoms with Gasteiger partial charge in [0.1, 0.15) is 11.9 Å². The number of ether oxygens (including phenoxy) is 2. The van der Waals surface area contributed by atoms with Gasteiger partial charge in [0.15, 0.2) is 0 Å². The predicted molar refractivity (Wildman–Crippen MR) is 97.5 cm³/mol. The molecule has 0 saturated carbocycles. The van der Waals surface area contributed by atoms with Gasteiger partial charge in [-0.05, 0) is 18.6 Å². The molecule has 1 fully saturated rings. The van der Waals surface area contributed by atoms with Crippen molar-refractivity contribution >= 4 is 22.6 Å². The van der Waals surface area contributed by atoms with Crippen LogP contribution in [0.4, 0.5) is 10.5 Å². The second-order valence-corrected chi connectivity index (χ2v) is 6.33. The number of hydrogen-bond donors (Lipinski definition) is 0. The zero-order valence-corrected chi connectivity index (χ0v) is 14.7. The van der Waals surface area contributed by atoms with Crippen LogP contribution in [0.25, 0.3) is 10.8 Å². The van der Waals surface area contributed by atoms with Crippen LogP contribution in [0.5, 0.6) is 5.75 Å². The summed E-state index contributed by atoms with van der Waals surface area (Å²) in [6.45, 7) is 3.52. The molecule has 0 N–H and O–H groups in total. The second-order valence-electron chi connectivity index (χ2n) is 6.33. The lowest BCUT2D eigenvalue weighted by atomic mass is 10.1. The van der Waals surface area contributed by atoms with Crippen molar-refractivity contribution in [3.05, 3.63) is 46.5 Å². The van der Waals surface area contributed by atoms with E-state index in [4.69, 9.17) is 9.47 Å². The zero-order valence-electron chi connectivity index (χ0n) is 14.7. The number of rotatable bonds is 6. The van der Waals surface area contributed by atoms with Crippen LogP contribution in [0, 0.1) is 10.1 Å². The molecule has 7 nitrogen and oxygen atoms in total. The van der Waals surface area contributed by atoms with Crippen LogP contribution in [0.1, 0.15) is 26.2 Å². The van der Waals surface area contributed by atoms with Crippen LogP contribution in [0.3, 0.4) is 0 Å². The topological polar surface area (TPSA) is 81.9 Å². The number of carbonyl (C=O) groups excluding carboxylic acids is 1. The van der Waals surface area contributed by atoms with Gasteiger partial charge in [-0.2, -0.15) is 0 Å². The van der Waals surface area contributed by atoms with Crippen LogP contribution in [0.2, 0.25) is 0 Å². The summed E-state index contributed by atoms with van der Waals surface area (Å²) in [7, 11) is 0. The molecular weight excluding hydrogens is 336 g/mol. The minimum Gasteiger partial charge on any atom is -0.488 e. The van der Waals surface area contributed by atoms with Gasteiger partial charge < -0.3 is 14.4 Å². The Hall–Kier alpha value is -2.83. The molecule has 1 heterocycles. The average molecular weight is 358 g/mol. The summed E-state index contributed by atoms with van der Waals surface area (Å²) in [6.07, 6.45) is 2.08. The smallest absolute Gasteiger partial charge is 0.409 e. The SMILES string of the molecule is CCCCOC(=O)N1CC[C@@H](Oc2ccc([N+](=O)[O-])c3ccccc23)C1. The maximum absolute atomic E-state index is 12.0. The third kappa shape index (κ3) is 3.87. The van der Waals surface area contributed by atoms with Crippen LogP contribution < -0.4 is 4.74 Å². The third-order valence-corrected chi connectivity index (χ3v) is 4.48. The number of benzene rings is 2. The highest BCUT2D eigenvalue weighted by Crippen LogP contribution is 2.34. The normalized spacial score (nSPS) is 16.7. The molecule has 0 radical (unpaired) electrons. The quantitative estimate of drug-likeness (QED) is 0.440. The average Bonchev–Trinajstić information content (AvgIpc) is 3.10. The van der Waals surface area contributed by atoms with Gasteiger partial charge in [0.25, 0.3) is 5.69 Å². The summed E-state index contributed by atoms with van der Waals surface area (Å²) < 4.78 is 11.3. The van der Waals surface area contributed by atoms with Crippen molar-refractivity contribution in [1.82, 2.24) is 4.90 Å². The molecule has 1 aliphatic heterocycles. The third-order valence-electron chi connectivity index (χ3n) is 4.48. The molecule has 1 saturated heterocycles. The molecular formula is C19H22N2O5. The number of amides is 1. The molecule has 1 aliphatic rings. The Morgan fingerprint density at radius 2 is 2.04 bits per heavy atom. The maximum atomic E-state index is 12.0. The molecule has 138 valence electrons. The van der Waals surface area contributed by atoms with Gasteiger partial charge in [0, 0.05) is 24.4 Å². The summed E-state index contributed by atoms with van der Waals surface area (Å²) in [5.74, 6) is 0.595.